The summed E-state index contributed by atoms with van der Waals surface area (Å²) in [6.45, 7) is 2.24. The van der Waals surface area contributed by atoms with E-state index in [1.54, 1.807) is 0 Å². The highest BCUT2D eigenvalue weighted by atomic mass is 35.8. The fourth-order valence-corrected chi connectivity index (χ4v) is 6.14. The van der Waals surface area contributed by atoms with E-state index in [-0.39, 0.29) is 5.97 Å². The Labute approximate surface area is 170 Å². The van der Waals surface area contributed by atoms with Gasteiger partial charge in [-0.3, -0.25) is 4.79 Å². The van der Waals surface area contributed by atoms with Crippen molar-refractivity contribution in [3.63, 3.8) is 0 Å². The largest absolute Gasteiger partial charge is 0.469 e. The van der Waals surface area contributed by atoms with Gasteiger partial charge in [-0.15, -0.1) is 33.2 Å². The third-order valence-corrected chi connectivity index (χ3v) is 9.06. The smallest absolute Gasteiger partial charge is 0.344 e. The topological polar surface area (TPSA) is 26.3 Å². The summed E-state index contributed by atoms with van der Waals surface area (Å²) in [6.07, 6.45) is 17.1. The molecule has 1 atom stereocenters. The van der Waals surface area contributed by atoms with Gasteiger partial charge < -0.3 is 4.74 Å². The molecule has 0 aliphatic carbocycles. The summed E-state index contributed by atoms with van der Waals surface area (Å²) < 4.78 is 4.64. The van der Waals surface area contributed by atoms with Crippen molar-refractivity contribution in [1.29, 1.82) is 0 Å². The lowest BCUT2D eigenvalue weighted by atomic mass is 10.0. The van der Waals surface area contributed by atoms with Crippen molar-refractivity contribution in [1.82, 2.24) is 0 Å². The predicted octanol–water partition coefficient (Wildman–Crippen LogP) is 8.06. The van der Waals surface area contributed by atoms with Gasteiger partial charge in [-0.2, -0.15) is 0 Å². The van der Waals surface area contributed by atoms with Gasteiger partial charge >= 0.3 is 12.0 Å². The second-order valence-electron chi connectivity index (χ2n) is 7.03. The van der Waals surface area contributed by atoms with Crippen LogP contribution in [-0.2, 0) is 9.53 Å². The number of hydrogen-bond donors (Lipinski definition) is 0. The maximum Gasteiger partial charge on any atom is 0.344 e. The molecule has 0 N–H and O–H groups in total. The van der Waals surface area contributed by atoms with Gasteiger partial charge in [-0.05, 0) is 24.8 Å². The van der Waals surface area contributed by atoms with Crippen LogP contribution in [0.25, 0.3) is 0 Å². The first-order valence-electron chi connectivity index (χ1n) is 10.0. The normalized spacial score (nSPS) is 13.0. The van der Waals surface area contributed by atoms with Crippen LogP contribution in [0.4, 0.5) is 0 Å². The molecule has 0 amide bonds. The predicted molar refractivity (Wildman–Crippen MR) is 114 cm³/mol. The van der Waals surface area contributed by atoms with Crippen molar-refractivity contribution in [3.05, 3.63) is 0 Å². The molecule has 0 aromatic rings. The number of methoxy groups -OCH3 is 1. The maximum absolute atomic E-state index is 11.0. The lowest BCUT2D eigenvalue weighted by Gasteiger charge is -2.22. The molecule has 0 aliphatic rings. The molecule has 0 spiro atoms. The van der Waals surface area contributed by atoms with Crippen LogP contribution in [0.3, 0.4) is 0 Å². The Bertz CT molecular complexity index is 322. The van der Waals surface area contributed by atoms with E-state index < -0.39 is 6.00 Å². The van der Waals surface area contributed by atoms with Crippen LogP contribution in [-0.4, -0.2) is 19.1 Å². The highest BCUT2D eigenvalue weighted by Gasteiger charge is 2.35. The minimum Gasteiger partial charge on any atom is -0.469 e. The van der Waals surface area contributed by atoms with Gasteiger partial charge in [0.1, 0.15) is 0 Å². The first kappa shape index (κ1) is 25.6. The molecule has 0 saturated carbocycles. The maximum atomic E-state index is 11.0. The van der Waals surface area contributed by atoms with Crippen LogP contribution in [0.15, 0.2) is 0 Å². The van der Waals surface area contributed by atoms with Crippen molar-refractivity contribution in [2.75, 3.05) is 7.11 Å². The average molecular weight is 432 g/mol. The van der Waals surface area contributed by atoms with Crippen LogP contribution >= 0.6 is 33.2 Å². The Balaban J connectivity index is 3.71. The van der Waals surface area contributed by atoms with E-state index in [2.05, 4.69) is 11.7 Å². The zero-order valence-electron chi connectivity index (χ0n) is 16.1. The fraction of sp³-hybridized carbons (Fsp3) is 0.947. The highest BCUT2D eigenvalue weighted by molar-refractivity contribution is 7.65. The van der Waals surface area contributed by atoms with Crippen LogP contribution in [0, 0.1) is 0 Å². The summed E-state index contributed by atoms with van der Waals surface area (Å²) in [5.74, 6) is -0.106. The number of esters is 1. The monoisotopic (exact) mass is 430 g/mol. The van der Waals surface area contributed by atoms with Gasteiger partial charge in [-0.1, -0.05) is 77.6 Å². The van der Waals surface area contributed by atoms with E-state index in [0.717, 1.165) is 32.1 Å². The molecule has 0 fully saturated rings. The first-order chi connectivity index (χ1) is 11.9. The highest BCUT2D eigenvalue weighted by Crippen LogP contribution is 2.41. The zero-order chi connectivity index (χ0) is 19.0. The van der Waals surface area contributed by atoms with Crippen molar-refractivity contribution in [2.45, 2.75) is 109 Å². The summed E-state index contributed by atoms with van der Waals surface area (Å²) >= 11 is 18.9. The standard InChI is InChI=1S/C19H37Cl3O2Si/c1-3-4-5-6-9-12-15-18(25(20,21)22)16-13-10-7-8-11-14-17-19(23)24-2/h18H,3-17H2,1-2H3. The number of halogens is 3. The summed E-state index contributed by atoms with van der Waals surface area (Å²) in [4.78, 5) is 11.0. The van der Waals surface area contributed by atoms with Gasteiger partial charge in [0.25, 0.3) is 0 Å². The second kappa shape index (κ2) is 16.7. The number of unbranched alkanes of at least 4 members (excludes halogenated alkanes) is 10. The number of ether oxygens (including phenoxy) is 1. The molecular formula is C19H37Cl3O2Si. The molecule has 150 valence electrons. The van der Waals surface area contributed by atoms with Gasteiger partial charge in [0, 0.05) is 6.42 Å². The molecule has 0 saturated heterocycles. The van der Waals surface area contributed by atoms with Crippen molar-refractivity contribution >= 4 is 45.2 Å². The second-order valence-corrected chi connectivity index (χ2v) is 16.0. The minimum atomic E-state index is -2.59. The van der Waals surface area contributed by atoms with E-state index in [0.29, 0.717) is 12.0 Å². The SMILES string of the molecule is CCCCCCCCC(CCCCCCCCC(=O)OC)[Si](Cl)(Cl)Cl. The van der Waals surface area contributed by atoms with E-state index >= 15 is 0 Å². The zero-order valence-corrected chi connectivity index (χ0v) is 19.4. The van der Waals surface area contributed by atoms with Crippen molar-refractivity contribution in [2.24, 2.45) is 0 Å². The Hall–Kier alpha value is 0.557. The number of hydrogen-bond acceptors (Lipinski definition) is 2. The van der Waals surface area contributed by atoms with Crippen LogP contribution in [0.2, 0.25) is 5.54 Å². The molecule has 0 bridgehead atoms. The van der Waals surface area contributed by atoms with E-state index in [1.807, 2.05) is 0 Å². The number of carbonyl (C=O) groups excluding carboxylic acids is 1. The molecule has 0 heterocycles. The fourth-order valence-electron chi connectivity index (χ4n) is 3.11. The van der Waals surface area contributed by atoms with Crippen LogP contribution in [0.1, 0.15) is 103 Å². The Morgan fingerprint density at radius 3 is 1.68 bits per heavy atom. The third-order valence-electron chi connectivity index (χ3n) is 4.78. The molecule has 2 nitrogen and oxygen atoms in total. The molecular weight excluding hydrogens is 395 g/mol. The summed E-state index contributed by atoms with van der Waals surface area (Å²) in [7, 11) is 1.44. The number of carbonyl (C=O) groups is 1. The van der Waals surface area contributed by atoms with Crippen LogP contribution in [0.5, 0.6) is 0 Å². The van der Waals surface area contributed by atoms with E-state index in [1.165, 1.54) is 64.9 Å². The lowest BCUT2D eigenvalue weighted by Crippen LogP contribution is -2.20. The first-order valence-corrected chi connectivity index (χ1v) is 15.2. The van der Waals surface area contributed by atoms with Crippen molar-refractivity contribution in [3.8, 4) is 0 Å². The van der Waals surface area contributed by atoms with Gasteiger partial charge in [0.05, 0.1) is 7.11 Å². The molecule has 0 rings (SSSR count). The van der Waals surface area contributed by atoms with E-state index in [9.17, 15) is 4.79 Å². The van der Waals surface area contributed by atoms with Gasteiger partial charge in [0.2, 0.25) is 0 Å². The summed E-state index contributed by atoms with van der Waals surface area (Å²) in [6, 6.07) is -2.59. The summed E-state index contributed by atoms with van der Waals surface area (Å²) in [5.41, 5.74) is 0.308. The Morgan fingerprint density at radius 1 is 0.800 bits per heavy atom. The Morgan fingerprint density at radius 2 is 1.24 bits per heavy atom. The third kappa shape index (κ3) is 16.5. The minimum absolute atomic E-state index is 0.106. The molecule has 0 aromatic heterocycles. The number of rotatable bonds is 17. The van der Waals surface area contributed by atoms with E-state index in [4.69, 9.17) is 33.2 Å². The van der Waals surface area contributed by atoms with Crippen LogP contribution < -0.4 is 0 Å². The molecule has 6 heteroatoms. The molecule has 25 heavy (non-hydrogen) atoms. The summed E-state index contributed by atoms with van der Waals surface area (Å²) in [5, 5.41) is 0. The van der Waals surface area contributed by atoms with Crippen molar-refractivity contribution < 1.29 is 9.53 Å². The van der Waals surface area contributed by atoms with Gasteiger partial charge in [-0.25, -0.2) is 0 Å². The molecule has 0 aromatic carbocycles. The van der Waals surface area contributed by atoms with Gasteiger partial charge in [0.15, 0.2) is 0 Å². The average Bonchev–Trinajstić information content (AvgIpc) is 2.56. The molecule has 0 radical (unpaired) electrons. The lowest BCUT2D eigenvalue weighted by molar-refractivity contribution is -0.140. The molecule has 1 unspecified atom stereocenters. The molecule has 0 aliphatic heterocycles. The quantitative estimate of drug-likeness (QED) is 0.101. The Kier molecular flexibility index (Phi) is 17.1.